The van der Waals surface area contributed by atoms with Crippen LogP contribution >= 0.6 is 11.6 Å². The minimum atomic E-state index is -0.898. The van der Waals surface area contributed by atoms with E-state index in [9.17, 15) is 14.7 Å². The minimum Gasteiger partial charge on any atom is -0.507 e. The van der Waals surface area contributed by atoms with Crippen molar-refractivity contribution in [3.8, 4) is 11.5 Å². The number of likely N-dealkylation sites (tertiary alicyclic amines) is 1. The van der Waals surface area contributed by atoms with E-state index < -0.39 is 17.7 Å². The van der Waals surface area contributed by atoms with Crippen LogP contribution in [0, 0.1) is 0 Å². The van der Waals surface area contributed by atoms with Gasteiger partial charge in [0.25, 0.3) is 11.7 Å². The number of amides is 1. The van der Waals surface area contributed by atoms with E-state index in [4.69, 9.17) is 21.1 Å². The largest absolute Gasteiger partial charge is 0.507 e. The molecule has 1 amide bonds. The monoisotopic (exact) mass is 464 g/mol. The first kappa shape index (κ1) is 22.4. The molecule has 3 aromatic rings. The second-order valence-electron chi connectivity index (χ2n) is 7.37. The summed E-state index contributed by atoms with van der Waals surface area (Å²) >= 11 is 6.15. The number of pyridine rings is 1. The number of aliphatic hydroxyl groups excluding tert-OH is 1. The van der Waals surface area contributed by atoms with Crippen molar-refractivity contribution in [3.05, 3.63) is 94.3 Å². The highest BCUT2D eigenvalue weighted by atomic mass is 35.5. The average molecular weight is 465 g/mol. The first-order valence-corrected chi connectivity index (χ1v) is 10.5. The molecule has 1 N–H and O–H groups in total. The number of hydrogen-bond donors (Lipinski definition) is 1. The van der Waals surface area contributed by atoms with Crippen molar-refractivity contribution >= 4 is 29.1 Å². The van der Waals surface area contributed by atoms with Gasteiger partial charge in [0.1, 0.15) is 17.3 Å². The fourth-order valence-corrected chi connectivity index (χ4v) is 4.13. The second kappa shape index (κ2) is 9.34. The molecule has 2 aromatic carbocycles. The maximum atomic E-state index is 13.2. The van der Waals surface area contributed by atoms with Crippen LogP contribution in [-0.4, -0.2) is 40.9 Å². The molecule has 1 aliphatic rings. The van der Waals surface area contributed by atoms with Crippen LogP contribution in [0.3, 0.4) is 0 Å². The molecule has 0 saturated carbocycles. The van der Waals surface area contributed by atoms with E-state index in [0.717, 1.165) is 5.56 Å². The van der Waals surface area contributed by atoms with Crippen LogP contribution in [0.2, 0.25) is 5.02 Å². The van der Waals surface area contributed by atoms with E-state index in [1.165, 1.54) is 25.2 Å². The molecule has 0 radical (unpaired) electrons. The summed E-state index contributed by atoms with van der Waals surface area (Å²) in [4.78, 5) is 31.9. The number of Topliss-reactive ketones (excluding diaryl/α,β-unsaturated/α-hetero) is 1. The summed E-state index contributed by atoms with van der Waals surface area (Å²) < 4.78 is 10.9. The van der Waals surface area contributed by atoms with E-state index >= 15 is 0 Å². The molecule has 7 nitrogen and oxygen atoms in total. The number of halogens is 1. The Bertz CT molecular complexity index is 1240. The van der Waals surface area contributed by atoms with Gasteiger partial charge in [-0.3, -0.25) is 14.6 Å². The van der Waals surface area contributed by atoms with Gasteiger partial charge in [-0.05, 0) is 35.9 Å². The number of benzene rings is 2. The van der Waals surface area contributed by atoms with Gasteiger partial charge in [-0.1, -0.05) is 35.9 Å². The highest BCUT2D eigenvalue weighted by Crippen LogP contribution is 2.44. The Kier molecular flexibility index (Phi) is 6.33. The zero-order valence-corrected chi connectivity index (χ0v) is 18.7. The van der Waals surface area contributed by atoms with Gasteiger partial charge in [0.15, 0.2) is 0 Å². The Labute approximate surface area is 195 Å². The Balaban J connectivity index is 1.95. The second-order valence-corrected chi connectivity index (χ2v) is 7.81. The Morgan fingerprint density at radius 1 is 1.06 bits per heavy atom. The summed E-state index contributed by atoms with van der Waals surface area (Å²) in [6.45, 7) is 0.116. The van der Waals surface area contributed by atoms with E-state index in [0.29, 0.717) is 22.1 Å². The van der Waals surface area contributed by atoms with Crippen molar-refractivity contribution in [3.63, 3.8) is 0 Å². The standard InChI is InChI=1S/C25H21ClN2O5/c1-32-19-8-4-3-7-17(19)22-21(23(29)18-12-16(26)9-10-20(18)33-2)24(30)25(31)28(22)14-15-6-5-11-27-13-15/h3-13,22,29H,14H2,1-2H3/b23-21+. The van der Waals surface area contributed by atoms with Crippen LogP contribution in [0.5, 0.6) is 11.5 Å². The molecule has 0 spiro atoms. The number of hydrogen-bond acceptors (Lipinski definition) is 6. The quantitative estimate of drug-likeness (QED) is 0.331. The predicted octanol–water partition coefficient (Wildman–Crippen LogP) is 4.37. The van der Waals surface area contributed by atoms with Crippen molar-refractivity contribution in [1.29, 1.82) is 0 Å². The maximum absolute atomic E-state index is 13.2. The van der Waals surface area contributed by atoms with Crippen LogP contribution in [-0.2, 0) is 16.1 Å². The topological polar surface area (TPSA) is 89.0 Å². The Hall–Kier alpha value is -3.84. The molecule has 1 atom stereocenters. The fourth-order valence-electron chi connectivity index (χ4n) is 3.96. The highest BCUT2D eigenvalue weighted by molar-refractivity contribution is 6.46. The zero-order valence-electron chi connectivity index (χ0n) is 18.0. The lowest BCUT2D eigenvalue weighted by atomic mass is 9.94. The van der Waals surface area contributed by atoms with Gasteiger partial charge in [-0.2, -0.15) is 0 Å². The van der Waals surface area contributed by atoms with Gasteiger partial charge >= 0.3 is 0 Å². The smallest absolute Gasteiger partial charge is 0.295 e. The van der Waals surface area contributed by atoms with Crippen molar-refractivity contribution in [2.24, 2.45) is 0 Å². The summed E-state index contributed by atoms with van der Waals surface area (Å²) in [5, 5.41) is 11.7. The zero-order chi connectivity index (χ0) is 23.5. The van der Waals surface area contributed by atoms with E-state index in [1.54, 1.807) is 54.9 Å². The molecule has 1 fully saturated rings. The minimum absolute atomic E-state index is 0.0750. The summed E-state index contributed by atoms with van der Waals surface area (Å²) in [7, 11) is 2.95. The molecule has 0 bridgehead atoms. The van der Waals surface area contributed by atoms with Gasteiger partial charge in [0.2, 0.25) is 0 Å². The fraction of sp³-hybridized carbons (Fsp3) is 0.160. The van der Waals surface area contributed by atoms with Crippen LogP contribution < -0.4 is 9.47 Å². The van der Waals surface area contributed by atoms with Crippen LogP contribution in [0.4, 0.5) is 0 Å². The predicted molar refractivity (Wildman–Crippen MR) is 123 cm³/mol. The molecule has 0 aliphatic carbocycles. The van der Waals surface area contributed by atoms with Gasteiger partial charge < -0.3 is 19.5 Å². The number of ether oxygens (including phenoxy) is 2. The van der Waals surface area contributed by atoms with Crippen molar-refractivity contribution in [1.82, 2.24) is 9.88 Å². The third kappa shape index (κ3) is 4.15. The number of para-hydroxylation sites is 1. The van der Waals surface area contributed by atoms with Gasteiger partial charge in [-0.25, -0.2) is 0 Å². The SMILES string of the molecule is COc1ccc(Cl)cc1/C(O)=C1\C(=O)C(=O)N(Cc2cccnc2)C1c1ccccc1OC. The molecule has 1 aliphatic heterocycles. The molecule has 1 unspecified atom stereocenters. The molecule has 8 heteroatoms. The number of carbonyl (C=O) groups is 2. The molecule has 2 heterocycles. The average Bonchev–Trinajstić information content (AvgIpc) is 3.09. The van der Waals surface area contributed by atoms with Gasteiger partial charge in [0.05, 0.1) is 31.4 Å². The van der Waals surface area contributed by atoms with Crippen molar-refractivity contribution < 1.29 is 24.2 Å². The Morgan fingerprint density at radius 2 is 1.82 bits per heavy atom. The lowest BCUT2D eigenvalue weighted by Crippen LogP contribution is -2.29. The van der Waals surface area contributed by atoms with Crippen molar-refractivity contribution in [2.45, 2.75) is 12.6 Å². The molecular formula is C25H21ClN2O5. The van der Waals surface area contributed by atoms with Crippen LogP contribution in [0.1, 0.15) is 22.7 Å². The Morgan fingerprint density at radius 3 is 2.52 bits per heavy atom. The summed E-state index contributed by atoms with van der Waals surface area (Å²) in [5.74, 6) is -1.14. The molecule has 1 aromatic heterocycles. The summed E-state index contributed by atoms with van der Waals surface area (Å²) in [5.41, 5.74) is 1.43. The third-order valence-corrected chi connectivity index (χ3v) is 5.70. The van der Waals surface area contributed by atoms with Crippen molar-refractivity contribution in [2.75, 3.05) is 14.2 Å². The molecule has 33 heavy (non-hydrogen) atoms. The molecular weight excluding hydrogens is 444 g/mol. The number of aromatic nitrogens is 1. The third-order valence-electron chi connectivity index (χ3n) is 5.47. The lowest BCUT2D eigenvalue weighted by Gasteiger charge is -2.26. The molecule has 168 valence electrons. The van der Waals surface area contributed by atoms with Gasteiger partial charge in [-0.15, -0.1) is 0 Å². The first-order valence-electron chi connectivity index (χ1n) is 10.1. The number of rotatable bonds is 6. The number of carbonyl (C=O) groups excluding carboxylic acids is 2. The highest BCUT2D eigenvalue weighted by Gasteiger charge is 2.47. The number of ketones is 1. The number of nitrogens with zero attached hydrogens (tertiary/aromatic N) is 2. The first-order chi connectivity index (χ1) is 16.0. The maximum Gasteiger partial charge on any atom is 0.295 e. The molecule has 4 rings (SSSR count). The lowest BCUT2D eigenvalue weighted by molar-refractivity contribution is -0.140. The molecule has 1 saturated heterocycles. The summed E-state index contributed by atoms with van der Waals surface area (Å²) in [6, 6.07) is 14.4. The van der Waals surface area contributed by atoms with E-state index in [-0.39, 0.29) is 23.4 Å². The summed E-state index contributed by atoms with van der Waals surface area (Å²) in [6.07, 6.45) is 3.25. The number of aliphatic hydroxyl groups is 1. The van der Waals surface area contributed by atoms with Gasteiger partial charge in [0, 0.05) is 29.5 Å². The normalized spacial score (nSPS) is 17.3. The van der Waals surface area contributed by atoms with E-state index in [2.05, 4.69) is 4.98 Å². The van der Waals surface area contributed by atoms with Crippen LogP contribution in [0.15, 0.2) is 72.6 Å². The van der Waals surface area contributed by atoms with E-state index in [1.807, 2.05) is 6.07 Å². The van der Waals surface area contributed by atoms with Crippen LogP contribution in [0.25, 0.3) is 5.76 Å². The number of methoxy groups -OCH3 is 2.